The van der Waals surface area contributed by atoms with Crippen LogP contribution in [0.4, 0.5) is 0 Å². The minimum absolute atomic E-state index is 0.219. The third kappa shape index (κ3) is 3.40. The molecule has 23 heavy (non-hydrogen) atoms. The molecule has 2 aromatic heterocycles. The van der Waals surface area contributed by atoms with Crippen LogP contribution in [0.5, 0.6) is 0 Å². The molecule has 4 nitrogen and oxygen atoms in total. The van der Waals surface area contributed by atoms with Crippen LogP contribution in [-0.4, -0.2) is 16.7 Å². The van der Waals surface area contributed by atoms with Crippen molar-refractivity contribution in [2.75, 3.05) is 0 Å². The van der Waals surface area contributed by atoms with Gasteiger partial charge in [-0.2, -0.15) is 16.4 Å². The second kappa shape index (κ2) is 6.62. The number of carbonyl (C=O) groups excluding carboxylic acids is 1. The zero-order valence-electron chi connectivity index (χ0n) is 13.0. The first-order valence-corrected chi connectivity index (χ1v) is 8.20. The van der Waals surface area contributed by atoms with Gasteiger partial charge in [-0.15, -0.1) is 0 Å². The monoisotopic (exact) mass is 323 g/mol. The van der Waals surface area contributed by atoms with Crippen molar-refractivity contribution in [3.8, 4) is 5.69 Å². The summed E-state index contributed by atoms with van der Waals surface area (Å²) in [7, 11) is 0. The van der Waals surface area contributed by atoms with Crippen LogP contribution in [0, 0.1) is 13.8 Å². The summed E-state index contributed by atoms with van der Waals surface area (Å²) in [6, 6.07) is 13.6. The van der Waals surface area contributed by atoms with Gasteiger partial charge in [-0.25, -0.2) is 5.43 Å². The number of rotatable bonds is 4. The van der Waals surface area contributed by atoms with E-state index in [4.69, 9.17) is 0 Å². The summed E-state index contributed by atoms with van der Waals surface area (Å²) in [5.74, 6) is -0.219. The molecule has 0 unspecified atom stereocenters. The van der Waals surface area contributed by atoms with E-state index in [-0.39, 0.29) is 5.91 Å². The zero-order valence-corrected chi connectivity index (χ0v) is 13.8. The molecule has 0 spiro atoms. The summed E-state index contributed by atoms with van der Waals surface area (Å²) in [5, 5.41) is 7.90. The molecule has 3 rings (SSSR count). The van der Waals surface area contributed by atoms with Crippen molar-refractivity contribution in [1.29, 1.82) is 0 Å². The first-order chi connectivity index (χ1) is 11.1. The molecule has 0 aliphatic heterocycles. The summed E-state index contributed by atoms with van der Waals surface area (Å²) in [5.41, 5.74) is 7.48. The van der Waals surface area contributed by atoms with Gasteiger partial charge < -0.3 is 4.57 Å². The fourth-order valence-corrected chi connectivity index (χ4v) is 3.03. The third-order valence-corrected chi connectivity index (χ3v) is 4.28. The van der Waals surface area contributed by atoms with Crippen molar-refractivity contribution in [1.82, 2.24) is 9.99 Å². The zero-order chi connectivity index (χ0) is 16.2. The molecule has 116 valence electrons. The van der Waals surface area contributed by atoms with Crippen molar-refractivity contribution in [2.45, 2.75) is 13.8 Å². The van der Waals surface area contributed by atoms with Crippen LogP contribution < -0.4 is 5.43 Å². The summed E-state index contributed by atoms with van der Waals surface area (Å²) < 4.78 is 2.15. The smallest absolute Gasteiger partial charge is 0.271 e. The molecule has 0 saturated carbocycles. The molecule has 0 atom stereocenters. The lowest BCUT2D eigenvalue weighted by Gasteiger charge is -2.09. The summed E-state index contributed by atoms with van der Waals surface area (Å²) in [4.78, 5) is 12.1. The molecule has 1 N–H and O–H groups in total. The number of amides is 1. The number of hydrogen-bond donors (Lipinski definition) is 1. The lowest BCUT2D eigenvalue weighted by molar-refractivity contribution is 0.0955. The van der Waals surface area contributed by atoms with E-state index in [2.05, 4.69) is 41.1 Å². The van der Waals surface area contributed by atoms with Crippen LogP contribution >= 0.6 is 11.3 Å². The number of carbonyl (C=O) groups is 1. The van der Waals surface area contributed by atoms with E-state index in [1.165, 1.54) is 11.4 Å². The molecule has 2 heterocycles. The number of hydrogen-bond acceptors (Lipinski definition) is 3. The van der Waals surface area contributed by atoms with Gasteiger partial charge in [0, 0.05) is 28.2 Å². The lowest BCUT2D eigenvalue weighted by atomic mass is 10.2. The SMILES string of the molecule is Cc1ccc(C)n1-c1ccc(C(=O)N/N=C\c2ccsc2)cc1. The van der Waals surface area contributed by atoms with E-state index in [0.29, 0.717) is 5.56 Å². The van der Waals surface area contributed by atoms with Crippen LogP contribution in [-0.2, 0) is 0 Å². The second-order valence-corrected chi connectivity index (χ2v) is 6.03. The van der Waals surface area contributed by atoms with Gasteiger partial charge >= 0.3 is 0 Å². The predicted molar refractivity (Wildman–Crippen MR) is 94.6 cm³/mol. The van der Waals surface area contributed by atoms with Crippen molar-refractivity contribution < 1.29 is 4.79 Å². The minimum atomic E-state index is -0.219. The number of nitrogens with one attached hydrogen (secondary N) is 1. The van der Waals surface area contributed by atoms with Crippen LogP contribution in [0.3, 0.4) is 0 Å². The van der Waals surface area contributed by atoms with Crippen molar-refractivity contribution >= 4 is 23.5 Å². The Morgan fingerprint density at radius 1 is 1.09 bits per heavy atom. The Hall–Kier alpha value is -2.66. The number of thiophene rings is 1. The normalized spacial score (nSPS) is 11.0. The van der Waals surface area contributed by atoms with Crippen LogP contribution in [0.25, 0.3) is 5.69 Å². The minimum Gasteiger partial charge on any atom is -0.319 e. The van der Waals surface area contributed by atoms with E-state index in [1.807, 2.05) is 41.1 Å². The Labute approximate surface area is 139 Å². The Kier molecular flexibility index (Phi) is 4.39. The maximum absolute atomic E-state index is 12.1. The predicted octanol–water partition coefficient (Wildman–Crippen LogP) is 3.92. The van der Waals surface area contributed by atoms with Crippen molar-refractivity contribution in [3.63, 3.8) is 0 Å². The first kappa shape index (κ1) is 15.2. The van der Waals surface area contributed by atoms with E-state index < -0.39 is 0 Å². The number of aromatic nitrogens is 1. The molecule has 0 radical (unpaired) electrons. The Balaban J connectivity index is 1.71. The highest BCUT2D eigenvalue weighted by Gasteiger charge is 2.07. The number of nitrogens with zero attached hydrogens (tertiary/aromatic N) is 2. The molecule has 5 heteroatoms. The fraction of sp³-hybridized carbons (Fsp3) is 0.111. The van der Waals surface area contributed by atoms with Crippen molar-refractivity contribution in [3.05, 3.63) is 75.7 Å². The maximum Gasteiger partial charge on any atom is 0.271 e. The van der Waals surface area contributed by atoms with Gasteiger partial charge in [0.15, 0.2) is 0 Å². The number of hydrazone groups is 1. The third-order valence-electron chi connectivity index (χ3n) is 3.58. The molecular weight excluding hydrogens is 306 g/mol. The second-order valence-electron chi connectivity index (χ2n) is 5.25. The van der Waals surface area contributed by atoms with Gasteiger partial charge in [0.1, 0.15) is 0 Å². The van der Waals surface area contributed by atoms with Crippen LogP contribution in [0.1, 0.15) is 27.3 Å². The van der Waals surface area contributed by atoms with E-state index >= 15 is 0 Å². The molecule has 0 aliphatic carbocycles. The topological polar surface area (TPSA) is 46.4 Å². The fourth-order valence-electron chi connectivity index (χ4n) is 2.42. The average Bonchev–Trinajstić information content (AvgIpc) is 3.18. The lowest BCUT2D eigenvalue weighted by Crippen LogP contribution is -2.17. The molecular formula is C18H17N3OS. The molecule has 0 fully saturated rings. The van der Waals surface area contributed by atoms with Gasteiger partial charge in [0.25, 0.3) is 5.91 Å². The van der Waals surface area contributed by atoms with Gasteiger partial charge in [0.05, 0.1) is 6.21 Å². The quantitative estimate of drug-likeness (QED) is 0.574. The van der Waals surface area contributed by atoms with Crippen LogP contribution in [0.2, 0.25) is 0 Å². The highest BCUT2D eigenvalue weighted by molar-refractivity contribution is 7.08. The molecule has 0 aliphatic rings. The molecule has 0 bridgehead atoms. The first-order valence-electron chi connectivity index (χ1n) is 7.26. The molecule has 1 amide bonds. The number of benzene rings is 1. The highest BCUT2D eigenvalue weighted by Crippen LogP contribution is 2.16. The average molecular weight is 323 g/mol. The Bertz CT molecular complexity index is 810. The van der Waals surface area contributed by atoms with Gasteiger partial charge in [-0.3, -0.25) is 4.79 Å². The summed E-state index contributed by atoms with van der Waals surface area (Å²) >= 11 is 1.59. The Morgan fingerprint density at radius 2 is 1.78 bits per heavy atom. The van der Waals surface area contributed by atoms with Gasteiger partial charge in [0.2, 0.25) is 0 Å². The standard InChI is InChI=1S/C18H17N3OS/c1-13-3-4-14(2)21(13)17-7-5-16(6-8-17)18(22)20-19-11-15-9-10-23-12-15/h3-12H,1-2H3,(H,20,22)/b19-11-. The van der Waals surface area contributed by atoms with E-state index in [0.717, 1.165) is 11.3 Å². The van der Waals surface area contributed by atoms with E-state index in [9.17, 15) is 4.79 Å². The van der Waals surface area contributed by atoms with Gasteiger partial charge in [-0.05, 0) is 67.1 Å². The molecule has 1 aromatic carbocycles. The highest BCUT2D eigenvalue weighted by atomic mass is 32.1. The largest absolute Gasteiger partial charge is 0.319 e. The van der Waals surface area contributed by atoms with Gasteiger partial charge in [-0.1, -0.05) is 0 Å². The maximum atomic E-state index is 12.1. The summed E-state index contributed by atoms with van der Waals surface area (Å²) in [6.45, 7) is 4.12. The Morgan fingerprint density at radius 3 is 2.39 bits per heavy atom. The molecule has 0 saturated heterocycles. The van der Waals surface area contributed by atoms with Crippen molar-refractivity contribution in [2.24, 2.45) is 5.10 Å². The van der Waals surface area contributed by atoms with Crippen LogP contribution in [0.15, 0.2) is 58.3 Å². The molecule has 3 aromatic rings. The van der Waals surface area contributed by atoms with E-state index in [1.54, 1.807) is 17.6 Å². The summed E-state index contributed by atoms with van der Waals surface area (Å²) in [6.07, 6.45) is 1.63. The number of aryl methyl sites for hydroxylation is 2.